The summed E-state index contributed by atoms with van der Waals surface area (Å²) in [6.07, 6.45) is 0. The van der Waals surface area contributed by atoms with E-state index in [1.54, 1.807) is 12.1 Å². The van der Waals surface area contributed by atoms with Gasteiger partial charge in [-0.2, -0.15) is 0 Å². The number of hydrogen-bond donors (Lipinski definition) is 0. The molecule has 3 heteroatoms. The Morgan fingerprint density at radius 2 is 1.32 bits per heavy atom. The van der Waals surface area contributed by atoms with Crippen LogP contribution in [0, 0.1) is 5.82 Å². The molecule has 0 N–H and O–H groups in total. The molecule has 0 spiro atoms. The summed E-state index contributed by atoms with van der Waals surface area (Å²) < 4.78 is 19.2. The fraction of sp³-hybridized carbons (Fsp3) is 0. The number of para-hydroxylation sites is 2. The number of carbonyl (C=O) groups excluding carboxylic acids is 1. The molecule has 5 rings (SSSR count). The summed E-state index contributed by atoms with van der Waals surface area (Å²) in [7, 11) is 0. The van der Waals surface area contributed by atoms with Gasteiger partial charge in [-0.1, -0.05) is 60.7 Å². The minimum absolute atomic E-state index is 0.131. The van der Waals surface area contributed by atoms with Crippen molar-refractivity contribution >= 4 is 27.7 Å². The Bertz CT molecular complexity index is 1310. The van der Waals surface area contributed by atoms with E-state index in [1.165, 1.54) is 24.3 Å². The lowest BCUT2D eigenvalue weighted by Crippen LogP contribution is -2.01. The lowest BCUT2D eigenvalue weighted by atomic mass is 9.98. The molecule has 0 unspecified atom stereocenters. The average Bonchev–Trinajstić information content (AvgIpc) is 3.13. The minimum Gasteiger partial charge on any atom is -0.455 e. The van der Waals surface area contributed by atoms with Crippen LogP contribution in [0.2, 0.25) is 0 Å². The van der Waals surface area contributed by atoms with Crippen molar-refractivity contribution < 1.29 is 13.6 Å². The number of fused-ring (bicyclic) bond motifs is 3. The Kier molecular flexibility index (Phi) is 3.80. The zero-order valence-electron chi connectivity index (χ0n) is 14.9. The van der Waals surface area contributed by atoms with Crippen LogP contribution in [0.1, 0.15) is 15.9 Å². The summed E-state index contributed by atoms with van der Waals surface area (Å²) in [6, 6.07) is 27.1. The Labute approximate surface area is 160 Å². The van der Waals surface area contributed by atoms with Crippen LogP contribution in [0.3, 0.4) is 0 Å². The number of hydrogen-bond acceptors (Lipinski definition) is 2. The molecule has 1 heterocycles. The summed E-state index contributed by atoms with van der Waals surface area (Å²) in [5, 5.41) is 2.15. The van der Waals surface area contributed by atoms with Crippen LogP contribution in [-0.4, -0.2) is 5.78 Å². The van der Waals surface area contributed by atoms with E-state index in [2.05, 4.69) is 12.1 Å². The Morgan fingerprint density at radius 3 is 2.07 bits per heavy atom. The van der Waals surface area contributed by atoms with Gasteiger partial charge in [0, 0.05) is 27.5 Å². The standard InChI is InChI=1S/C25H15FO2/c26-19-14-12-18(13-15-19)24(27)17-10-8-16(9-11-17)20-5-3-6-22-21-4-1-2-7-23(21)28-25(20)22/h1-15H. The first kappa shape index (κ1) is 16.5. The minimum atomic E-state index is -0.356. The van der Waals surface area contributed by atoms with Crippen LogP contribution < -0.4 is 0 Å². The van der Waals surface area contributed by atoms with Crippen molar-refractivity contribution in [3.8, 4) is 11.1 Å². The van der Waals surface area contributed by atoms with Crippen LogP contribution in [-0.2, 0) is 0 Å². The van der Waals surface area contributed by atoms with Crippen molar-refractivity contribution in [2.24, 2.45) is 0 Å². The van der Waals surface area contributed by atoms with Crippen molar-refractivity contribution in [1.82, 2.24) is 0 Å². The van der Waals surface area contributed by atoms with Crippen LogP contribution in [0.4, 0.5) is 4.39 Å². The maximum Gasteiger partial charge on any atom is 0.193 e. The summed E-state index contributed by atoms with van der Waals surface area (Å²) in [5.41, 5.74) is 4.67. The summed E-state index contributed by atoms with van der Waals surface area (Å²) in [5.74, 6) is -0.487. The van der Waals surface area contributed by atoms with Crippen molar-refractivity contribution in [2.75, 3.05) is 0 Å². The molecule has 0 bridgehead atoms. The topological polar surface area (TPSA) is 30.2 Å². The first-order valence-corrected chi connectivity index (χ1v) is 9.02. The highest BCUT2D eigenvalue weighted by Crippen LogP contribution is 2.35. The molecule has 0 saturated carbocycles. The molecule has 5 aromatic rings. The second kappa shape index (κ2) is 6.46. The molecule has 4 aromatic carbocycles. The van der Waals surface area contributed by atoms with E-state index in [0.29, 0.717) is 11.1 Å². The molecule has 0 amide bonds. The normalized spacial score (nSPS) is 11.2. The number of rotatable bonds is 3. The Morgan fingerprint density at radius 1 is 0.679 bits per heavy atom. The monoisotopic (exact) mass is 366 g/mol. The third-order valence-corrected chi connectivity index (χ3v) is 4.97. The van der Waals surface area contributed by atoms with Gasteiger partial charge in [-0.05, 0) is 35.9 Å². The molecule has 0 atom stereocenters. The van der Waals surface area contributed by atoms with Gasteiger partial charge in [-0.3, -0.25) is 4.79 Å². The Balaban J connectivity index is 1.56. The third-order valence-electron chi connectivity index (χ3n) is 4.97. The molecule has 28 heavy (non-hydrogen) atoms. The highest BCUT2D eigenvalue weighted by molar-refractivity contribution is 6.11. The molecule has 1 aromatic heterocycles. The van der Waals surface area contributed by atoms with E-state index < -0.39 is 0 Å². The molecule has 0 aliphatic rings. The molecule has 0 saturated heterocycles. The van der Waals surface area contributed by atoms with Crippen molar-refractivity contribution in [2.45, 2.75) is 0 Å². The average molecular weight is 366 g/mol. The molecule has 0 aliphatic heterocycles. The molecular weight excluding hydrogens is 351 g/mol. The van der Waals surface area contributed by atoms with Gasteiger partial charge in [-0.25, -0.2) is 4.39 Å². The lowest BCUT2D eigenvalue weighted by molar-refractivity contribution is 0.103. The number of halogens is 1. The van der Waals surface area contributed by atoms with E-state index in [-0.39, 0.29) is 11.6 Å². The van der Waals surface area contributed by atoms with Crippen molar-refractivity contribution in [3.63, 3.8) is 0 Å². The summed E-state index contributed by atoms with van der Waals surface area (Å²) >= 11 is 0. The van der Waals surface area contributed by atoms with E-state index in [1.807, 2.05) is 42.5 Å². The van der Waals surface area contributed by atoms with Gasteiger partial charge >= 0.3 is 0 Å². The molecule has 0 radical (unpaired) electrons. The second-order valence-electron chi connectivity index (χ2n) is 6.69. The highest BCUT2D eigenvalue weighted by atomic mass is 19.1. The largest absolute Gasteiger partial charge is 0.455 e. The number of carbonyl (C=O) groups is 1. The molecular formula is C25H15FO2. The Hall–Kier alpha value is -3.72. The molecule has 0 fully saturated rings. The smallest absolute Gasteiger partial charge is 0.193 e. The maximum absolute atomic E-state index is 13.1. The summed E-state index contributed by atoms with van der Waals surface area (Å²) in [6.45, 7) is 0. The second-order valence-corrected chi connectivity index (χ2v) is 6.69. The molecule has 0 aliphatic carbocycles. The molecule has 2 nitrogen and oxygen atoms in total. The molecule has 134 valence electrons. The lowest BCUT2D eigenvalue weighted by Gasteiger charge is -2.05. The zero-order valence-corrected chi connectivity index (χ0v) is 14.9. The van der Waals surface area contributed by atoms with Crippen LogP contribution >= 0.6 is 0 Å². The first-order chi connectivity index (χ1) is 13.7. The zero-order chi connectivity index (χ0) is 19.1. The number of ketones is 1. The SMILES string of the molecule is O=C(c1ccc(F)cc1)c1ccc(-c2cccc3c2oc2ccccc23)cc1. The fourth-order valence-corrected chi connectivity index (χ4v) is 3.54. The number of benzene rings is 4. The predicted molar refractivity (Wildman–Crippen MR) is 109 cm³/mol. The van der Waals surface area contributed by atoms with Gasteiger partial charge in [0.25, 0.3) is 0 Å². The van der Waals surface area contributed by atoms with Gasteiger partial charge in [0.2, 0.25) is 0 Å². The summed E-state index contributed by atoms with van der Waals surface area (Å²) in [4.78, 5) is 12.6. The van der Waals surface area contributed by atoms with Crippen LogP contribution in [0.5, 0.6) is 0 Å². The predicted octanol–water partition coefficient (Wildman–Crippen LogP) is 6.62. The van der Waals surface area contributed by atoms with Crippen molar-refractivity contribution in [1.29, 1.82) is 0 Å². The van der Waals surface area contributed by atoms with Crippen LogP contribution in [0.15, 0.2) is 95.4 Å². The quantitative estimate of drug-likeness (QED) is 0.336. The first-order valence-electron chi connectivity index (χ1n) is 9.02. The van der Waals surface area contributed by atoms with Gasteiger partial charge in [0.15, 0.2) is 5.78 Å². The van der Waals surface area contributed by atoms with E-state index in [0.717, 1.165) is 33.1 Å². The van der Waals surface area contributed by atoms with Gasteiger partial charge in [0.1, 0.15) is 17.0 Å². The highest BCUT2D eigenvalue weighted by Gasteiger charge is 2.13. The maximum atomic E-state index is 13.1. The van der Waals surface area contributed by atoms with Gasteiger partial charge in [-0.15, -0.1) is 0 Å². The third kappa shape index (κ3) is 2.69. The fourth-order valence-electron chi connectivity index (χ4n) is 3.54. The van der Waals surface area contributed by atoms with E-state index in [4.69, 9.17) is 4.42 Å². The van der Waals surface area contributed by atoms with Crippen molar-refractivity contribution in [3.05, 3.63) is 108 Å². The van der Waals surface area contributed by atoms with E-state index >= 15 is 0 Å². The number of furan rings is 1. The van der Waals surface area contributed by atoms with Gasteiger partial charge < -0.3 is 4.42 Å². The van der Waals surface area contributed by atoms with Gasteiger partial charge in [0.05, 0.1) is 0 Å². The van der Waals surface area contributed by atoms with E-state index in [9.17, 15) is 9.18 Å². The van der Waals surface area contributed by atoms with Crippen LogP contribution in [0.25, 0.3) is 33.1 Å².